The van der Waals surface area contributed by atoms with Gasteiger partial charge in [0.25, 0.3) is 0 Å². The Hall–Kier alpha value is -1.03. The lowest BCUT2D eigenvalue weighted by Gasteiger charge is -2.11. The van der Waals surface area contributed by atoms with E-state index < -0.39 is 0 Å². The Bertz CT molecular complexity index is 553. The molecule has 0 bridgehead atoms. The van der Waals surface area contributed by atoms with Gasteiger partial charge >= 0.3 is 0 Å². The van der Waals surface area contributed by atoms with Crippen LogP contribution in [-0.2, 0) is 13.1 Å². The first-order valence-corrected chi connectivity index (χ1v) is 7.61. The molecule has 0 fully saturated rings. The number of alkyl halides is 1. The number of hydrogen-bond acceptors (Lipinski definition) is 2. The van der Waals surface area contributed by atoms with Gasteiger partial charge in [0, 0.05) is 13.1 Å². The van der Waals surface area contributed by atoms with Gasteiger partial charge in [-0.1, -0.05) is 19.8 Å². The van der Waals surface area contributed by atoms with Crippen LogP contribution in [-0.4, -0.2) is 19.3 Å². The topological polar surface area (TPSA) is 35.6 Å². The summed E-state index contributed by atoms with van der Waals surface area (Å²) in [5, 5.41) is 4.48. The molecule has 0 radical (unpaired) electrons. The monoisotopic (exact) mass is 282 g/mol. The van der Waals surface area contributed by atoms with E-state index in [9.17, 15) is 0 Å². The van der Waals surface area contributed by atoms with E-state index in [1.807, 2.05) is 18.5 Å². The van der Waals surface area contributed by atoms with Crippen LogP contribution in [0.4, 0.5) is 0 Å². The molecule has 2 heterocycles. The number of fused-ring (bicyclic) bond motifs is 1. The van der Waals surface area contributed by atoms with Gasteiger partial charge in [0.15, 0.2) is 5.65 Å². The molecule has 106 valence electrons. The van der Waals surface area contributed by atoms with E-state index in [0.29, 0.717) is 0 Å². The van der Waals surface area contributed by atoms with E-state index in [0.717, 1.165) is 42.2 Å². The number of aryl methyl sites for hydroxylation is 3. The van der Waals surface area contributed by atoms with Crippen molar-refractivity contribution in [3.05, 3.63) is 11.5 Å². The number of hydrogen-bond donors (Lipinski definition) is 0. The van der Waals surface area contributed by atoms with Crippen LogP contribution in [0.15, 0.2) is 0 Å². The Kier molecular flexibility index (Phi) is 4.50. The van der Waals surface area contributed by atoms with Crippen molar-refractivity contribution in [2.24, 2.45) is 0 Å². The summed E-state index contributed by atoms with van der Waals surface area (Å²) in [6.45, 7) is 10.2. The fourth-order valence-electron chi connectivity index (χ4n) is 2.51. The summed E-state index contributed by atoms with van der Waals surface area (Å²) in [7, 11) is 0. The minimum Gasteiger partial charge on any atom is -0.312 e. The maximum atomic E-state index is 6.28. The van der Waals surface area contributed by atoms with Crippen LogP contribution in [0.2, 0.25) is 0 Å². The SMILES string of the molecule is CCCCCn1c(C(C)Cl)nc2c(C)nn(CC)c21. The molecule has 0 aromatic carbocycles. The van der Waals surface area contributed by atoms with Crippen LogP contribution >= 0.6 is 11.6 Å². The lowest BCUT2D eigenvalue weighted by Crippen LogP contribution is -2.09. The van der Waals surface area contributed by atoms with Gasteiger partial charge in [0.2, 0.25) is 0 Å². The molecule has 1 unspecified atom stereocenters. The molecule has 19 heavy (non-hydrogen) atoms. The summed E-state index contributed by atoms with van der Waals surface area (Å²) >= 11 is 6.28. The van der Waals surface area contributed by atoms with Crippen molar-refractivity contribution in [2.45, 2.75) is 65.4 Å². The summed E-state index contributed by atoms with van der Waals surface area (Å²) in [5.74, 6) is 0.968. The van der Waals surface area contributed by atoms with Crippen LogP contribution in [0.5, 0.6) is 0 Å². The summed E-state index contributed by atoms with van der Waals surface area (Å²) in [5.41, 5.74) is 3.11. The van der Waals surface area contributed by atoms with Crippen molar-refractivity contribution in [3.8, 4) is 0 Å². The molecule has 1 atom stereocenters. The largest absolute Gasteiger partial charge is 0.312 e. The Labute approximate surface area is 119 Å². The average Bonchev–Trinajstić information content (AvgIpc) is 2.89. The van der Waals surface area contributed by atoms with Crippen molar-refractivity contribution >= 4 is 22.8 Å². The van der Waals surface area contributed by atoms with E-state index >= 15 is 0 Å². The number of halogens is 1. The lowest BCUT2D eigenvalue weighted by molar-refractivity contribution is 0.566. The van der Waals surface area contributed by atoms with Gasteiger partial charge in [-0.3, -0.25) is 0 Å². The van der Waals surface area contributed by atoms with E-state index in [1.165, 1.54) is 12.8 Å². The number of rotatable bonds is 6. The molecule has 0 N–H and O–H groups in total. The molecule has 2 aromatic rings. The minimum absolute atomic E-state index is 0.0706. The molecule has 0 aliphatic heterocycles. The summed E-state index contributed by atoms with van der Waals surface area (Å²) in [6, 6.07) is 0. The maximum Gasteiger partial charge on any atom is 0.158 e. The van der Waals surface area contributed by atoms with Gasteiger partial charge in [0.1, 0.15) is 11.3 Å². The third kappa shape index (κ3) is 2.64. The third-order valence-electron chi connectivity index (χ3n) is 3.47. The Morgan fingerprint density at radius 3 is 2.58 bits per heavy atom. The fraction of sp³-hybridized carbons (Fsp3) is 0.714. The van der Waals surface area contributed by atoms with Crippen LogP contribution in [0.1, 0.15) is 56.9 Å². The zero-order valence-electron chi connectivity index (χ0n) is 12.3. The van der Waals surface area contributed by atoms with Gasteiger partial charge in [-0.15, -0.1) is 11.6 Å². The van der Waals surface area contributed by atoms with E-state index in [-0.39, 0.29) is 5.38 Å². The molecule has 4 nitrogen and oxygen atoms in total. The van der Waals surface area contributed by atoms with Crippen molar-refractivity contribution in [1.29, 1.82) is 0 Å². The molecule has 5 heteroatoms. The van der Waals surface area contributed by atoms with Crippen LogP contribution in [0.3, 0.4) is 0 Å². The Morgan fingerprint density at radius 2 is 2.00 bits per heavy atom. The Balaban J connectivity index is 2.51. The molecule has 0 saturated heterocycles. The normalized spacial score (nSPS) is 13.3. The van der Waals surface area contributed by atoms with Crippen molar-refractivity contribution in [1.82, 2.24) is 19.3 Å². The second-order valence-corrected chi connectivity index (χ2v) is 5.67. The third-order valence-corrected chi connectivity index (χ3v) is 3.66. The second-order valence-electron chi connectivity index (χ2n) is 5.02. The first-order chi connectivity index (χ1) is 9.10. The zero-order chi connectivity index (χ0) is 14.0. The standard InChI is InChI=1S/C14H23ClN4/c1-5-7-8-9-18-13(10(3)15)16-12-11(4)17-19(6-2)14(12)18/h10H,5-9H2,1-4H3. The number of nitrogens with zero attached hydrogens (tertiary/aromatic N) is 4. The van der Waals surface area contributed by atoms with Gasteiger partial charge in [-0.05, 0) is 27.2 Å². The van der Waals surface area contributed by atoms with Gasteiger partial charge < -0.3 is 4.57 Å². The maximum absolute atomic E-state index is 6.28. The lowest BCUT2D eigenvalue weighted by atomic mass is 10.2. The van der Waals surface area contributed by atoms with E-state index in [4.69, 9.17) is 16.6 Å². The molecule has 2 rings (SSSR count). The molecular weight excluding hydrogens is 260 g/mol. The van der Waals surface area contributed by atoms with Crippen LogP contribution in [0.25, 0.3) is 11.2 Å². The highest BCUT2D eigenvalue weighted by atomic mass is 35.5. The molecule has 0 spiro atoms. The number of imidazole rings is 1. The highest BCUT2D eigenvalue weighted by Crippen LogP contribution is 2.27. The van der Waals surface area contributed by atoms with E-state index in [2.05, 4.69) is 23.5 Å². The molecule has 2 aromatic heterocycles. The van der Waals surface area contributed by atoms with Crippen LogP contribution < -0.4 is 0 Å². The van der Waals surface area contributed by atoms with Gasteiger partial charge in [-0.2, -0.15) is 5.10 Å². The van der Waals surface area contributed by atoms with Crippen molar-refractivity contribution < 1.29 is 0 Å². The quantitative estimate of drug-likeness (QED) is 0.592. The molecular formula is C14H23ClN4. The summed E-state index contributed by atoms with van der Waals surface area (Å²) in [4.78, 5) is 4.71. The number of aromatic nitrogens is 4. The van der Waals surface area contributed by atoms with Crippen LogP contribution in [0, 0.1) is 6.92 Å². The number of unbranched alkanes of at least 4 members (excludes halogenated alkanes) is 2. The highest BCUT2D eigenvalue weighted by Gasteiger charge is 2.20. The predicted molar refractivity (Wildman–Crippen MR) is 79.7 cm³/mol. The molecule has 0 aliphatic carbocycles. The molecule has 0 aliphatic rings. The highest BCUT2D eigenvalue weighted by molar-refractivity contribution is 6.20. The van der Waals surface area contributed by atoms with Crippen molar-refractivity contribution in [3.63, 3.8) is 0 Å². The van der Waals surface area contributed by atoms with Gasteiger partial charge in [-0.25, -0.2) is 9.67 Å². The second kappa shape index (κ2) is 5.95. The minimum atomic E-state index is -0.0706. The van der Waals surface area contributed by atoms with Gasteiger partial charge in [0.05, 0.1) is 11.1 Å². The summed E-state index contributed by atoms with van der Waals surface area (Å²) in [6.07, 6.45) is 3.61. The summed E-state index contributed by atoms with van der Waals surface area (Å²) < 4.78 is 4.29. The predicted octanol–water partition coefficient (Wildman–Crippen LogP) is 4.05. The van der Waals surface area contributed by atoms with Crippen molar-refractivity contribution in [2.75, 3.05) is 0 Å². The molecule has 0 saturated carbocycles. The zero-order valence-corrected chi connectivity index (χ0v) is 13.0. The first kappa shape index (κ1) is 14.4. The first-order valence-electron chi connectivity index (χ1n) is 7.17. The molecule has 0 amide bonds. The smallest absolute Gasteiger partial charge is 0.158 e. The van der Waals surface area contributed by atoms with E-state index in [1.54, 1.807) is 0 Å². The fourth-order valence-corrected chi connectivity index (χ4v) is 2.67. The Morgan fingerprint density at radius 1 is 1.26 bits per heavy atom. The average molecular weight is 283 g/mol.